The van der Waals surface area contributed by atoms with Gasteiger partial charge in [0.1, 0.15) is 23.3 Å². The molecule has 0 spiro atoms. The Morgan fingerprint density at radius 2 is 2.10 bits per heavy atom. The lowest BCUT2D eigenvalue weighted by atomic mass is 10.1. The molecule has 21 heavy (non-hydrogen) atoms. The van der Waals surface area contributed by atoms with Gasteiger partial charge >= 0.3 is 5.97 Å². The van der Waals surface area contributed by atoms with Crippen LogP contribution < -0.4 is 0 Å². The molecule has 1 aromatic rings. The van der Waals surface area contributed by atoms with Crippen molar-refractivity contribution in [2.45, 2.75) is 51.8 Å². The molecule has 1 fully saturated rings. The average molecular weight is 297 g/mol. The van der Waals surface area contributed by atoms with Crippen molar-refractivity contribution in [3.05, 3.63) is 35.4 Å². The van der Waals surface area contributed by atoms with E-state index in [-0.39, 0.29) is 18.6 Å². The highest BCUT2D eigenvalue weighted by atomic mass is 19.1. The van der Waals surface area contributed by atoms with Crippen LogP contribution in [0.15, 0.2) is 18.2 Å². The summed E-state index contributed by atoms with van der Waals surface area (Å²) in [4.78, 5) is 14.1. The molecule has 1 atom stereocenters. The molecule has 5 heteroatoms. The highest BCUT2D eigenvalue weighted by Gasteiger charge is 2.34. The number of nitrogens with zero attached hydrogens (tertiary/aromatic N) is 1. The number of benzene rings is 1. The van der Waals surface area contributed by atoms with Crippen molar-refractivity contribution in [2.75, 3.05) is 6.54 Å². The molecule has 0 aliphatic carbocycles. The molecule has 0 radical (unpaired) electrons. The van der Waals surface area contributed by atoms with Crippen LogP contribution in [0.2, 0.25) is 0 Å². The summed E-state index contributed by atoms with van der Waals surface area (Å²) >= 11 is 0. The van der Waals surface area contributed by atoms with Gasteiger partial charge in [0.25, 0.3) is 0 Å². The van der Waals surface area contributed by atoms with Crippen molar-refractivity contribution in [1.29, 1.82) is 0 Å². The Balaban J connectivity index is 2.06. The summed E-state index contributed by atoms with van der Waals surface area (Å²) < 4.78 is 32.0. The summed E-state index contributed by atoms with van der Waals surface area (Å²) in [5.74, 6) is -1.45. The summed E-state index contributed by atoms with van der Waals surface area (Å²) in [5.41, 5.74) is -0.140. The molecule has 1 heterocycles. The molecular weight excluding hydrogens is 276 g/mol. The van der Waals surface area contributed by atoms with Crippen LogP contribution in [0, 0.1) is 11.6 Å². The van der Waals surface area contributed by atoms with E-state index in [0.717, 1.165) is 12.5 Å². The largest absolute Gasteiger partial charge is 0.459 e. The molecule has 0 aromatic heterocycles. The first-order valence-electron chi connectivity index (χ1n) is 7.17. The fraction of sp³-hybridized carbons (Fsp3) is 0.562. The minimum absolute atomic E-state index is 0.275. The van der Waals surface area contributed by atoms with E-state index in [1.165, 1.54) is 12.1 Å². The van der Waals surface area contributed by atoms with Gasteiger partial charge in [0.05, 0.1) is 0 Å². The van der Waals surface area contributed by atoms with Gasteiger partial charge in [0.2, 0.25) is 0 Å². The minimum Gasteiger partial charge on any atom is -0.459 e. The molecule has 1 aliphatic heterocycles. The smallest absolute Gasteiger partial charge is 0.323 e. The maximum Gasteiger partial charge on any atom is 0.323 e. The Labute approximate surface area is 123 Å². The summed E-state index contributed by atoms with van der Waals surface area (Å²) in [6.07, 6.45) is 1.57. The van der Waals surface area contributed by atoms with Gasteiger partial charge in [-0.05, 0) is 46.2 Å². The van der Waals surface area contributed by atoms with Gasteiger partial charge in [0.15, 0.2) is 0 Å². The summed E-state index contributed by atoms with van der Waals surface area (Å²) in [6.45, 7) is 6.47. The Hall–Kier alpha value is -1.49. The SMILES string of the molecule is CC(C)(C)OC(=O)[C@@H]1CCCN1Cc1ccc(F)cc1F. The van der Waals surface area contributed by atoms with E-state index in [1.807, 2.05) is 25.7 Å². The van der Waals surface area contributed by atoms with Crippen LogP contribution in [0.4, 0.5) is 8.78 Å². The van der Waals surface area contributed by atoms with Crippen molar-refractivity contribution in [3.8, 4) is 0 Å². The summed E-state index contributed by atoms with van der Waals surface area (Å²) in [6, 6.07) is 3.17. The highest BCUT2D eigenvalue weighted by Crippen LogP contribution is 2.24. The van der Waals surface area contributed by atoms with Crippen LogP contribution in [0.3, 0.4) is 0 Å². The van der Waals surface area contributed by atoms with E-state index in [0.29, 0.717) is 18.5 Å². The predicted molar refractivity (Wildman–Crippen MR) is 75.6 cm³/mol. The Morgan fingerprint density at radius 3 is 2.71 bits per heavy atom. The van der Waals surface area contributed by atoms with Crippen LogP contribution >= 0.6 is 0 Å². The lowest BCUT2D eigenvalue weighted by Crippen LogP contribution is -2.40. The van der Waals surface area contributed by atoms with Gasteiger partial charge in [-0.3, -0.25) is 9.69 Å². The fourth-order valence-electron chi connectivity index (χ4n) is 2.52. The third kappa shape index (κ3) is 4.24. The van der Waals surface area contributed by atoms with Gasteiger partial charge in [-0.15, -0.1) is 0 Å². The first-order chi connectivity index (χ1) is 9.76. The second-order valence-corrected chi connectivity index (χ2v) is 6.40. The number of hydrogen-bond donors (Lipinski definition) is 0. The molecule has 0 saturated carbocycles. The van der Waals surface area contributed by atoms with Crippen LogP contribution in [-0.4, -0.2) is 29.1 Å². The van der Waals surface area contributed by atoms with Crippen LogP contribution in [0.5, 0.6) is 0 Å². The van der Waals surface area contributed by atoms with Gasteiger partial charge in [-0.25, -0.2) is 8.78 Å². The van der Waals surface area contributed by atoms with E-state index < -0.39 is 17.2 Å². The lowest BCUT2D eigenvalue weighted by Gasteiger charge is -2.27. The zero-order valence-corrected chi connectivity index (χ0v) is 12.7. The zero-order chi connectivity index (χ0) is 15.6. The fourth-order valence-corrected chi connectivity index (χ4v) is 2.52. The number of carbonyl (C=O) groups excluding carboxylic acids is 1. The molecule has 1 aromatic carbocycles. The minimum atomic E-state index is -0.596. The van der Waals surface area contributed by atoms with Gasteiger partial charge in [-0.1, -0.05) is 6.07 Å². The topological polar surface area (TPSA) is 29.5 Å². The molecule has 0 amide bonds. The molecular formula is C16H21F2NO2. The maximum absolute atomic E-state index is 13.7. The molecule has 3 nitrogen and oxygen atoms in total. The molecule has 1 aliphatic rings. The van der Waals surface area contributed by atoms with Crippen molar-refractivity contribution in [2.24, 2.45) is 0 Å². The first-order valence-corrected chi connectivity index (χ1v) is 7.17. The maximum atomic E-state index is 13.7. The average Bonchev–Trinajstić information content (AvgIpc) is 2.79. The van der Waals surface area contributed by atoms with Gasteiger partial charge < -0.3 is 4.74 Å². The highest BCUT2D eigenvalue weighted by molar-refractivity contribution is 5.76. The number of hydrogen-bond acceptors (Lipinski definition) is 3. The van der Waals surface area contributed by atoms with Crippen molar-refractivity contribution in [1.82, 2.24) is 4.90 Å². The van der Waals surface area contributed by atoms with Gasteiger partial charge in [-0.2, -0.15) is 0 Å². The number of rotatable bonds is 3. The Kier molecular flexibility index (Phi) is 4.61. The van der Waals surface area contributed by atoms with E-state index in [2.05, 4.69) is 0 Å². The monoisotopic (exact) mass is 297 g/mol. The molecule has 0 N–H and O–H groups in total. The second-order valence-electron chi connectivity index (χ2n) is 6.40. The van der Waals surface area contributed by atoms with Crippen LogP contribution in [0.1, 0.15) is 39.2 Å². The number of halogens is 2. The van der Waals surface area contributed by atoms with Gasteiger partial charge in [0, 0.05) is 18.2 Å². The number of ether oxygens (including phenoxy) is 1. The number of esters is 1. The van der Waals surface area contributed by atoms with E-state index >= 15 is 0 Å². The summed E-state index contributed by atoms with van der Waals surface area (Å²) in [5, 5.41) is 0. The van der Waals surface area contributed by atoms with E-state index in [9.17, 15) is 13.6 Å². The van der Waals surface area contributed by atoms with E-state index in [1.54, 1.807) is 0 Å². The van der Waals surface area contributed by atoms with Crippen molar-refractivity contribution >= 4 is 5.97 Å². The first kappa shape index (κ1) is 15.9. The molecule has 0 bridgehead atoms. The second kappa shape index (κ2) is 6.10. The van der Waals surface area contributed by atoms with Crippen LogP contribution in [0.25, 0.3) is 0 Å². The van der Waals surface area contributed by atoms with Crippen LogP contribution in [-0.2, 0) is 16.1 Å². The molecule has 116 valence electrons. The molecule has 0 unspecified atom stereocenters. The predicted octanol–water partition coefficient (Wildman–Crippen LogP) is 3.27. The number of carbonyl (C=O) groups is 1. The molecule has 1 saturated heterocycles. The quantitative estimate of drug-likeness (QED) is 0.802. The lowest BCUT2D eigenvalue weighted by molar-refractivity contribution is -0.160. The third-order valence-electron chi connectivity index (χ3n) is 3.43. The third-order valence-corrected chi connectivity index (χ3v) is 3.43. The zero-order valence-electron chi connectivity index (χ0n) is 12.7. The Bertz CT molecular complexity index is 525. The summed E-state index contributed by atoms with van der Waals surface area (Å²) in [7, 11) is 0. The Morgan fingerprint density at radius 1 is 1.38 bits per heavy atom. The standard InChI is InChI=1S/C16H21F2NO2/c1-16(2,3)21-15(20)14-5-4-8-19(14)10-11-6-7-12(17)9-13(11)18/h6-7,9,14H,4-5,8,10H2,1-3H3/t14-/m0/s1. The molecule has 2 rings (SSSR count). The van der Waals surface area contributed by atoms with Crippen molar-refractivity contribution < 1.29 is 18.3 Å². The number of likely N-dealkylation sites (tertiary alicyclic amines) is 1. The normalized spacial score (nSPS) is 19.8. The van der Waals surface area contributed by atoms with E-state index in [4.69, 9.17) is 4.74 Å². The van der Waals surface area contributed by atoms with Crippen molar-refractivity contribution in [3.63, 3.8) is 0 Å².